The van der Waals surface area contributed by atoms with Crippen LogP contribution in [0.25, 0.3) is 10.9 Å². The van der Waals surface area contributed by atoms with Crippen LogP contribution in [0.3, 0.4) is 0 Å². The number of pyridine rings is 2. The predicted octanol–water partition coefficient (Wildman–Crippen LogP) is 5.21. The third-order valence-electron chi connectivity index (χ3n) is 5.87. The Morgan fingerprint density at radius 3 is 2.56 bits per heavy atom. The van der Waals surface area contributed by atoms with Crippen LogP contribution in [-0.4, -0.2) is 34.1 Å². The molecule has 34 heavy (non-hydrogen) atoms. The molecular weight excluding hydrogens is 469 g/mol. The van der Waals surface area contributed by atoms with Gasteiger partial charge in [0, 0.05) is 50.5 Å². The van der Waals surface area contributed by atoms with Crippen molar-refractivity contribution in [3.63, 3.8) is 0 Å². The number of aromatic nitrogens is 2. The summed E-state index contributed by atoms with van der Waals surface area (Å²) in [5.41, 5.74) is 4.78. The number of fused-ring (bicyclic) bond motifs is 1. The van der Waals surface area contributed by atoms with Gasteiger partial charge >= 0.3 is 0 Å². The van der Waals surface area contributed by atoms with Crippen molar-refractivity contribution < 1.29 is 4.74 Å². The Balaban J connectivity index is 0.00000204. The van der Waals surface area contributed by atoms with Crippen molar-refractivity contribution in [3.8, 4) is 5.75 Å². The minimum absolute atomic E-state index is 0. The molecule has 4 aromatic rings. The Bertz CT molecular complexity index is 1250. The molecule has 0 saturated carbocycles. The van der Waals surface area contributed by atoms with Crippen molar-refractivity contribution in [2.45, 2.75) is 19.9 Å². The maximum atomic E-state index is 11.8. The van der Waals surface area contributed by atoms with Crippen LogP contribution in [0.15, 0.2) is 83.9 Å². The molecule has 2 heterocycles. The lowest BCUT2D eigenvalue weighted by atomic mass is 10.1. The zero-order valence-corrected chi connectivity index (χ0v) is 21.1. The van der Waals surface area contributed by atoms with Crippen molar-refractivity contribution in [3.05, 3.63) is 106 Å². The number of rotatable bonds is 9. The Labute approximate surface area is 213 Å². The highest BCUT2D eigenvalue weighted by atomic mass is 35.5. The molecule has 0 aliphatic rings. The minimum Gasteiger partial charge on any atom is -0.492 e. The number of nitrogens with zero attached hydrogens (tertiary/aromatic N) is 3. The molecule has 0 spiro atoms. The number of ether oxygens (including phenoxy) is 1. The van der Waals surface area contributed by atoms with E-state index in [2.05, 4.69) is 47.1 Å². The monoisotopic (exact) mass is 499 g/mol. The molecule has 0 unspecified atom stereocenters. The summed E-state index contributed by atoms with van der Waals surface area (Å²) in [7, 11) is 1.79. The van der Waals surface area contributed by atoms with Crippen LogP contribution in [-0.2, 0) is 20.0 Å². The van der Waals surface area contributed by atoms with Crippen molar-refractivity contribution in [1.82, 2.24) is 14.5 Å². The second kappa shape index (κ2) is 13.1. The fourth-order valence-corrected chi connectivity index (χ4v) is 3.88. The van der Waals surface area contributed by atoms with E-state index in [-0.39, 0.29) is 30.4 Å². The summed E-state index contributed by atoms with van der Waals surface area (Å²) < 4.78 is 7.75. The fraction of sp³-hybridized carbons (Fsp3) is 0.259. The van der Waals surface area contributed by atoms with Gasteiger partial charge in [-0.05, 0) is 60.4 Å². The first-order chi connectivity index (χ1) is 15.6. The second-order valence-corrected chi connectivity index (χ2v) is 8.11. The van der Waals surface area contributed by atoms with Crippen molar-refractivity contribution in [2.75, 3.05) is 19.7 Å². The zero-order chi connectivity index (χ0) is 22.3. The van der Waals surface area contributed by atoms with Crippen molar-refractivity contribution in [2.24, 2.45) is 7.05 Å². The largest absolute Gasteiger partial charge is 0.492 e. The van der Waals surface area contributed by atoms with Gasteiger partial charge in [0.25, 0.3) is 5.56 Å². The highest BCUT2D eigenvalue weighted by Crippen LogP contribution is 2.19. The van der Waals surface area contributed by atoms with E-state index in [1.807, 2.05) is 42.7 Å². The van der Waals surface area contributed by atoms with Crippen LogP contribution in [0, 0.1) is 6.92 Å². The van der Waals surface area contributed by atoms with Crippen molar-refractivity contribution >= 4 is 35.7 Å². The van der Waals surface area contributed by atoms with E-state index in [4.69, 9.17) is 4.74 Å². The van der Waals surface area contributed by atoms with Gasteiger partial charge in [-0.2, -0.15) is 0 Å². The van der Waals surface area contributed by atoms with Gasteiger partial charge < -0.3 is 9.30 Å². The molecule has 0 amide bonds. The molecule has 0 bridgehead atoms. The molecule has 4 rings (SSSR count). The maximum absolute atomic E-state index is 11.8. The van der Waals surface area contributed by atoms with Gasteiger partial charge in [-0.15, -0.1) is 24.8 Å². The van der Waals surface area contributed by atoms with Gasteiger partial charge in [-0.1, -0.05) is 30.3 Å². The lowest BCUT2D eigenvalue weighted by molar-refractivity contribution is 0.204. The zero-order valence-electron chi connectivity index (χ0n) is 19.5. The Morgan fingerprint density at radius 1 is 0.971 bits per heavy atom. The first kappa shape index (κ1) is 27.4. The van der Waals surface area contributed by atoms with Gasteiger partial charge in [-0.25, -0.2) is 0 Å². The Hall–Kier alpha value is -2.86. The third kappa shape index (κ3) is 7.07. The molecule has 0 aliphatic carbocycles. The summed E-state index contributed by atoms with van der Waals surface area (Å²) in [5, 5.41) is 0.998. The molecule has 5 nitrogen and oxygen atoms in total. The van der Waals surface area contributed by atoms with Crippen LogP contribution in [0.1, 0.15) is 16.7 Å². The molecule has 0 saturated heterocycles. The van der Waals surface area contributed by atoms with Gasteiger partial charge in [-0.3, -0.25) is 14.7 Å². The van der Waals surface area contributed by atoms with Gasteiger partial charge in [0.05, 0.1) is 5.52 Å². The van der Waals surface area contributed by atoms with E-state index < -0.39 is 0 Å². The van der Waals surface area contributed by atoms with E-state index in [1.165, 1.54) is 16.7 Å². The molecule has 0 N–H and O–H groups in total. The highest BCUT2D eigenvalue weighted by molar-refractivity contribution is 5.85. The van der Waals surface area contributed by atoms with E-state index >= 15 is 0 Å². The first-order valence-corrected chi connectivity index (χ1v) is 11.0. The lowest BCUT2D eigenvalue weighted by Gasteiger charge is -2.23. The molecule has 2 aromatic carbocycles. The summed E-state index contributed by atoms with van der Waals surface area (Å²) in [6.07, 6.45) is 4.69. The molecule has 0 aliphatic heterocycles. The number of aryl methyl sites for hydroxylation is 2. The second-order valence-electron chi connectivity index (χ2n) is 8.11. The predicted molar refractivity (Wildman–Crippen MR) is 144 cm³/mol. The van der Waals surface area contributed by atoms with Crippen LogP contribution < -0.4 is 10.3 Å². The summed E-state index contributed by atoms with van der Waals surface area (Å²) in [4.78, 5) is 18.5. The highest BCUT2D eigenvalue weighted by Gasteiger charge is 2.09. The standard InChI is InChI=1S/C27H29N3O2.2ClH/c1-21-6-3-4-8-24(21)20-30(15-13-22-7-5-14-28-19-22)16-17-32-25-10-11-26-23(18-25)9-12-27(31)29(26)2;;/h3-12,14,18-19H,13,15-17,20H2,1-2H3;2*1H. The molecule has 0 fully saturated rings. The minimum atomic E-state index is -0.00775. The van der Waals surface area contributed by atoms with Crippen LogP contribution in [0.2, 0.25) is 0 Å². The third-order valence-corrected chi connectivity index (χ3v) is 5.87. The number of halogens is 2. The Morgan fingerprint density at radius 2 is 1.79 bits per heavy atom. The quantitative estimate of drug-likeness (QED) is 0.317. The van der Waals surface area contributed by atoms with E-state index in [0.29, 0.717) is 6.61 Å². The fourth-order valence-electron chi connectivity index (χ4n) is 3.88. The molecule has 2 aromatic heterocycles. The van der Waals surface area contributed by atoms with E-state index in [9.17, 15) is 4.79 Å². The molecule has 7 heteroatoms. The molecule has 0 radical (unpaired) electrons. The smallest absolute Gasteiger partial charge is 0.250 e. The van der Waals surface area contributed by atoms with E-state index in [0.717, 1.165) is 42.7 Å². The number of hydrogen-bond acceptors (Lipinski definition) is 4. The topological polar surface area (TPSA) is 47.4 Å². The average molecular weight is 500 g/mol. The normalized spacial score (nSPS) is 10.6. The lowest BCUT2D eigenvalue weighted by Crippen LogP contribution is -2.30. The van der Waals surface area contributed by atoms with Gasteiger partial charge in [0.15, 0.2) is 0 Å². The van der Waals surface area contributed by atoms with Gasteiger partial charge in [0.2, 0.25) is 0 Å². The summed E-state index contributed by atoms with van der Waals surface area (Å²) in [6.45, 7) is 5.39. The number of benzene rings is 2. The summed E-state index contributed by atoms with van der Waals surface area (Å²) in [5.74, 6) is 0.819. The Kier molecular flexibility index (Phi) is 10.6. The molecule has 180 valence electrons. The van der Waals surface area contributed by atoms with E-state index in [1.54, 1.807) is 17.7 Å². The summed E-state index contributed by atoms with van der Waals surface area (Å²) in [6, 6.07) is 22.0. The van der Waals surface area contributed by atoms with Crippen molar-refractivity contribution in [1.29, 1.82) is 0 Å². The van der Waals surface area contributed by atoms with Crippen LogP contribution in [0.4, 0.5) is 0 Å². The maximum Gasteiger partial charge on any atom is 0.250 e. The SMILES string of the molecule is Cc1ccccc1CN(CCOc1ccc2c(ccc(=O)n2C)c1)CCc1cccnc1.Cl.Cl. The molecule has 0 atom stereocenters. The molecular formula is C27H31Cl2N3O2. The summed E-state index contributed by atoms with van der Waals surface area (Å²) >= 11 is 0. The first-order valence-electron chi connectivity index (χ1n) is 11.0. The van der Waals surface area contributed by atoms with Crippen LogP contribution >= 0.6 is 24.8 Å². The number of hydrogen-bond donors (Lipinski definition) is 0. The van der Waals surface area contributed by atoms with Gasteiger partial charge in [0.1, 0.15) is 12.4 Å². The average Bonchev–Trinajstić information content (AvgIpc) is 2.82. The van der Waals surface area contributed by atoms with Crippen LogP contribution in [0.5, 0.6) is 5.75 Å².